The van der Waals surface area contributed by atoms with Crippen molar-refractivity contribution in [1.29, 1.82) is 0 Å². The SMILES string of the molecule is COc1ccc(CN2CCN(C(=O)[C@H](CCC(N)=O)NC(=O)OCc3ccccc3)CC2)c(OC)c1OC. The summed E-state index contributed by atoms with van der Waals surface area (Å²) in [5.41, 5.74) is 7.06. The fourth-order valence-corrected chi connectivity index (χ4v) is 4.33. The summed E-state index contributed by atoms with van der Waals surface area (Å²) in [4.78, 5) is 40.9. The summed E-state index contributed by atoms with van der Waals surface area (Å²) >= 11 is 0. The molecule has 0 aliphatic carbocycles. The number of nitrogens with two attached hydrogens (primary N) is 1. The van der Waals surface area contributed by atoms with Crippen LogP contribution in [0.25, 0.3) is 0 Å². The first-order chi connectivity index (χ1) is 18.4. The van der Waals surface area contributed by atoms with E-state index in [0.717, 1.165) is 11.1 Å². The van der Waals surface area contributed by atoms with E-state index in [1.807, 2.05) is 42.5 Å². The molecule has 3 rings (SSSR count). The highest BCUT2D eigenvalue weighted by molar-refractivity contribution is 5.86. The first-order valence-electron chi connectivity index (χ1n) is 12.4. The van der Waals surface area contributed by atoms with Crippen molar-refractivity contribution in [2.75, 3.05) is 47.5 Å². The summed E-state index contributed by atoms with van der Waals surface area (Å²) in [6, 6.07) is 12.1. The number of amides is 3. The topological polar surface area (TPSA) is 133 Å². The number of carbonyl (C=O) groups is 3. The van der Waals surface area contributed by atoms with Gasteiger partial charge in [0.2, 0.25) is 17.6 Å². The van der Waals surface area contributed by atoms with E-state index in [0.29, 0.717) is 50.0 Å². The Morgan fingerprint density at radius 3 is 2.21 bits per heavy atom. The Kier molecular flexibility index (Phi) is 10.6. The van der Waals surface area contributed by atoms with Crippen molar-refractivity contribution in [2.24, 2.45) is 5.73 Å². The fraction of sp³-hybridized carbons (Fsp3) is 0.444. The van der Waals surface area contributed by atoms with Gasteiger partial charge in [0, 0.05) is 44.7 Å². The van der Waals surface area contributed by atoms with Crippen molar-refractivity contribution in [3.8, 4) is 17.2 Å². The Morgan fingerprint density at radius 2 is 1.61 bits per heavy atom. The molecule has 11 nitrogen and oxygen atoms in total. The maximum Gasteiger partial charge on any atom is 0.408 e. The maximum atomic E-state index is 13.3. The molecule has 2 aromatic rings. The monoisotopic (exact) mass is 528 g/mol. The van der Waals surface area contributed by atoms with Crippen molar-refractivity contribution >= 4 is 17.9 Å². The number of piperazine rings is 1. The molecule has 0 unspecified atom stereocenters. The molecule has 0 spiro atoms. The minimum Gasteiger partial charge on any atom is -0.493 e. The van der Waals surface area contributed by atoms with Gasteiger partial charge in [0.25, 0.3) is 0 Å². The van der Waals surface area contributed by atoms with Crippen molar-refractivity contribution in [3.05, 3.63) is 53.6 Å². The number of carbonyl (C=O) groups excluding carboxylic acids is 3. The van der Waals surface area contributed by atoms with Crippen molar-refractivity contribution in [1.82, 2.24) is 15.1 Å². The zero-order valence-corrected chi connectivity index (χ0v) is 22.1. The second kappa shape index (κ2) is 14.1. The highest BCUT2D eigenvalue weighted by Gasteiger charge is 2.30. The van der Waals surface area contributed by atoms with Gasteiger partial charge in [-0.25, -0.2) is 4.79 Å². The van der Waals surface area contributed by atoms with E-state index in [9.17, 15) is 14.4 Å². The summed E-state index contributed by atoms with van der Waals surface area (Å²) in [6.45, 7) is 2.82. The number of alkyl carbamates (subject to hydrolysis) is 1. The zero-order valence-electron chi connectivity index (χ0n) is 22.1. The number of benzene rings is 2. The van der Waals surface area contributed by atoms with Crippen LogP contribution < -0.4 is 25.3 Å². The molecular formula is C27H36N4O7. The average Bonchev–Trinajstić information content (AvgIpc) is 2.94. The number of primary amides is 1. The van der Waals surface area contributed by atoms with E-state index in [1.54, 1.807) is 26.2 Å². The molecule has 2 aromatic carbocycles. The quantitative estimate of drug-likeness (QED) is 0.427. The summed E-state index contributed by atoms with van der Waals surface area (Å²) in [5, 5.41) is 2.61. The lowest BCUT2D eigenvalue weighted by Crippen LogP contribution is -2.55. The molecule has 3 N–H and O–H groups in total. The van der Waals surface area contributed by atoms with E-state index in [4.69, 9.17) is 24.7 Å². The van der Waals surface area contributed by atoms with Crippen molar-refractivity contribution in [3.63, 3.8) is 0 Å². The maximum absolute atomic E-state index is 13.3. The van der Waals surface area contributed by atoms with Crippen LogP contribution in [-0.4, -0.2) is 81.3 Å². The molecule has 1 aliphatic rings. The lowest BCUT2D eigenvalue weighted by molar-refractivity contribution is -0.135. The molecule has 0 bridgehead atoms. The standard InChI is InChI=1S/C27H36N4O7/c1-35-22-11-9-20(24(36-2)25(22)37-3)17-30-13-15-31(16-14-30)26(33)21(10-12-23(28)32)29-27(34)38-18-19-7-5-4-6-8-19/h4-9,11,21H,10,12-18H2,1-3H3,(H2,28,32)(H,29,34)/t21-/m0/s1. The van der Waals surface area contributed by atoms with Gasteiger partial charge in [-0.2, -0.15) is 0 Å². The van der Waals surface area contributed by atoms with Crippen LogP contribution in [0.3, 0.4) is 0 Å². The van der Waals surface area contributed by atoms with Gasteiger partial charge in [0.1, 0.15) is 12.6 Å². The van der Waals surface area contributed by atoms with Gasteiger partial charge >= 0.3 is 6.09 Å². The van der Waals surface area contributed by atoms with Crippen LogP contribution in [0.1, 0.15) is 24.0 Å². The molecule has 1 aliphatic heterocycles. The van der Waals surface area contributed by atoms with Gasteiger partial charge in [-0.3, -0.25) is 14.5 Å². The molecule has 1 saturated heterocycles. The van der Waals surface area contributed by atoms with Gasteiger partial charge in [0.05, 0.1) is 21.3 Å². The number of methoxy groups -OCH3 is 3. The molecular weight excluding hydrogens is 492 g/mol. The van der Waals surface area contributed by atoms with Crippen LogP contribution in [0.4, 0.5) is 4.79 Å². The van der Waals surface area contributed by atoms with E-state index in [-0.39, 0.29) is 25.4 Å². The number of nitrogens with zero attached hydrogens (tertiary/aromatic N) is 2. The van der Waals surface area contributed by atoms with Crippen LogP contribution in [0.2, 0.25) is 0 Å². The van der Waals surface area contributed by atoms with Crippen LogP contribution in [0.5, 0.6) is 17.2 Å². The Hall–Kier alpha value is -3.99. The van der Waals surface area contributed by atoms with Crippen LogP contribution >= 0.6 is 0 Å². The van der Waals surface area contributed by atoms with Crippen LogP contribution in [0, 0.1) is 0 Å². The number of nitrogens with one attached hydrogen (secondary N) is 1. The molecule has 0 saturated carbocycles. The van der Waals surface area contributed by atoms with Crippen LogP contribution in [0.15, 0.2) is 42.5 Å². The molecule has 1 fully saturated rings. The largest absolute Gasteiger partial charge is 0.493 e. The Labute approximate surface area is 222 Å². The van der Waals surface area contributed by atoms with Crippen LogP contribution in [-0.2, 0) is 27.5 Å². The molecule has 3 amide bonds. The zero-order chi connectivity index (χ0) is 27.5. The number of rotatable bonds is 12. The van der Waals surface area contributed by atoms with E-state index in [2.05, 4.69) is 10.2 Å². The lowest BCUT2D eigenvalue weighted by atomic mass is 10.1. The van der Waals surface area contributed by atoms with Gasteiger partial charge in [-0.1, -0.05) is 36.4 Å². The summed E-state index contributed by atoms with van der Waals surface area (Å²) in [6.07, 6.45) is -0.664. The van der Waals surface area contributed by atoms with Gasteiger partial charge in [-0.05, 0) is 18.1 Å². The normalized spacial score (nSPS) is 14.3. The molecule has 11 heteroatoms. The molecule has 38 heavy (non-hydrogen) atoms. The van der Waals surface area contributed by atoms with Gasteiger partial charge < -0.3 is 34.9 Å². The first kappa shape index (κ1) is 28.6. The average molecular weight is 529 g/mol. The van der Waals surface area contributed by atoms with Gasteiger partial charge in [-0.15, -0.1) is 0 Å². The number of hydrogen-bond donors (Lipinski definition) is 2. The van der Waals surface area contributed by atoms with Gasteiger partial charge in [0.15, 0.2) is 11.5 Å². The second-order valence-electron chi connectivity index (χ2n) is 8.86. The number of hydrogen-bond acceptors (Lipinski definition) is 8. The predicted octanol–water partition coefficient (Wildman–Crippen LogP) is 1.92. The third-order valence-corrected chi connectivity index (χ3v) is 6.35. The van der Waals surface area contributed by atoms with E-state index in [1.165, 1.54) is 0 Å². The predicted molar refractivity (Wildman–Crippen MR) is 140 cm³/mol. The minimum absolute atomic E-state index is 0.0333. The fourth-order valence-electron chi connectivity index (χ4n) is 4.33. The highest BCUT2D eigenvalue weighted by atomic mass is 16.5. The summed E-state index contributed by atoms with van der Waals surface area (Å²) < 4.78 is 21.7. The highest BCUT2D eigenvalue weighted by Crippen LogP contribution is 2.40. The summed E-state index contributed by atoms with van der Waals surface area (Å²) in [5.74, 6) is 0.904. The lowest BCUT2D eigenvalue weighted by Gasteiger charge is -2.36. The first-order valence-corrected chi connectivity index (χ1v) is 12.4. The second-order valence-corrected chi connectivity index (χ2v) is 8.86. The van der Waals surface area contributed by atoms with E-state index >= 15 is 0 Å². The van der Waals surface area contributed by atoms with Crippen molar-refractivity contribution < 1.29 is 33.3 Å². The van der Waals surface area contributed by atoms with Crippen molar-refractivity contribution in [2.45, 2.75) is 32.0 Å². The molecule has 206 valence electrons. The Balaban J connectivity index is 1.58. The smallest absolute Gasteiger partial charge is 0.408 e. The Morgan fingerprint density at radius 1 is 0.921 bits per heavy atom. The van der Waals surface area contributed by atoms with E-state index < -0.39 is 18.0 Å². The third kappa shape index (κ3) is 7.75. The molecule has 1 atom stereocenters. The third-order valence-electron chi connectivity index (χ3n) is 6.35. The Bertz CT molecular complexity index is 1090. The summed E-state index contributed by atoms with van der Waals surface area (Å²) in [7, 11) is 4.72. The molecule has 0 aromatic heterocycles. The number of ether oxygens (including phenoxy) is 4. The molecule has 1 heterocycles. The minimum atomic E-state index is -0.914. The molecule has 0 radical (unpaired) electrons.